The molecule has 0 radical (unpaired) electrons. The highest BCUT2D eigenvalue weighted by atomic mass is 32.1. The Morgan fingerprint density at radius 1 is 0.839 bits per heavy atom. The molecule has 0 spiro atoms. The molecule has 0 unspecified atom stereocenters. The van der Waals surface area contributed by atoms with Crippen LogP contribution in [-0.4, -0.2) is 20.9 Å². The third kappa shape index (κ3) is 3.86. The SMILES string of the molecule is O=C(Nc1nc(-c2occc2-c2ccccc2)c(-c2ccncc2)s1)c1ccncc1. The first-order valence-electron chi connectivity index (χ1n) is 9.55. The number of nitrogens with one attached hydrogen (secondary N) is 1. The smallest absolute Gasteiger partial charge is 0.257 e. The monoisotopic (exact) mass is 424 g/mol. The van der Waals surface area contributed by atoms with E-state index in [4.69, 9.17) is 9.40 Å². The van der Waals surface area contributed by atoms with E-state index in [1.807, 2.05) is 48.5 Å². The predicted octanol–water partition coefficient (Wildman–Crippen LogP) is 5.78. The van der Waals surface area contributed by atoms with Gasteiger partial charge in [0.1, 0.15) is 5.69 Å². The van der Waals surface area contributed by atoms with Crippen LogP contribution < -0.4 is 5.32 Å². The Labute approximate surface area is 182 Å². The van der Waals surface area contributed by atoms with Crippen molar-refractivity contribution in [2.24, 2.45) is 0 Å². The van der Waals surface area contributed by atoms with Gasteiger partial charge in [-0.1, -0.05) is 41.7 Å². The number of carbonyl (C=O) groups is 1. The molecule has 0 saturated carbocycles. The van der Waals surface area contributed by atoms with Gasteiger partial charge in [-0.15, -0.1) is 0 Å². The molecule has 5 aromatic rings. The lowest BCUT2D eigenvalue weighted by Crippen LogP contribution is -2.11. The first-order chi connectivity index (χ1) is 15.3. The predicted molar refractivity (Wildman–Crippen MR) is 121 cm³/mol. The molecule has 0 atom stereocenters. The van der Waals surface area contributed by atoms with Gasteiger partial charge in [0, 0.05) is 35.9 Å². The van der Waals surface area contributed by atoms with Crippen LogP contribution in [0.15, 0.2) is 96.1 Å². The molecule has 5 rings (SSSR count). The quantitative estimate of drug-likeness (QED) is 0.387. The van der Waals surface area contributed by atoms with E-state index in [-0.39, 0.29) is 5.91 Å². The summed E-state index contributed by atoms with van der Waals surface area (Å²) in [5.41, 5.74) is 4.10. The third-order valence-corrected chi connectivity index (χ3v) is 5.72. The molecule has 1 N–H and O–H groups in total. The standard InChI is InChI=1S/C24H16N4O2S/c29-23(18-8-13-26-14-9-18)28-24-27-20(22(31-24)17-6-11-25-12-7-17)21-19(10-15-30-21)16-4-2-1-3-5-16/h1-15H,(H,27,28,29). The average Bonchev–Trinajstić information content (AvgIpc) is 3.48. The number of anilines is 1. The summed E-state index contributed by atoms with van der Waals surface area (Å²) in [5.74, 6) is 0.408. The molecule has 31 heavy (non-hydrogen) atoms. The fourth-order valence-electron chi connectivity index (χ4n) is 3.24. The third-order valence-electron chi connectivity index (χ3n) is 4.70. The highest BCUT2D eigenvalue weighted by Gasteiger charge is 2.22. The molecule has 0 aliphatic heterocycles. The van der Waals surface area contributed by atoms with Crippen LogP contribution in [0.1, 0.15) is 10.4 Å². The normalized spacial score (nSPS) is 10.7. The summed E-state index contributed by atoms with van der Waals surface area (Å²) in [6.07, 6.45) is 8.28. The van der Waals surface area contributed by atoms with Gasteiger partial charge in [0.25, 0.3) is 5.91 Å². The maximum absolute atomic E-state index is 12.6. The van der Waals surface area contributed by atoms with Crippen molar-refractivity contribution in [2.45, 2.75) is 0 Å². The van der Waals surface area contributed by atoms with Crippen LogP contribution in [0, 0.1) is 0 Å². The van der Waals surface area contributed by atoms with Crippen LogP contribution in [0.2, 0.25) is 0 Å². The number of amides is 1. The molecule has 0 bridgehead atoms. The Bertz CT molecular complexity index is 1320. The Hall–Kier alpha value is -4.10. The van der Waals surface area contributed by atoms with Gasteiger partial charge < -0.3 is 4.42 Å². The minimum absolute atomic E-state index is 0.244. The van der Waals surface area contributed by atoms with E-state index < -0.39 is 0 Å². The molecule has 4 aromatic heterocycles. The highest BCUT2D eigenvalue weighted by Crippen LogP contribution is 2.42. The second-order valence-corrected chi connectivity index (χ2v) is 7.65. The molecule has 4 heterocycles. The van der Waals surface area contributed by atoms with E-state index in [9.17, 15) is 4.79 Å². The summed E-state index contributed by atoms with van der Waals surface area (Å²) in [5, 5.41) is 3.38. The highest BCUT2D eigenvalue weighted by molar-refractivity contribution is 7.19. The first kappa shape index (κ1) is 18.9. The van der Waals surface area contributed by atoms with Crippen molar-refractivity contribution in [3.8, 4) is 33.0 Å². The molecule has 0 fully saturated rings. The molecule has 1 amide bonds. The summed E-state index contributed by atoms with van der Waals surface area (Å²) in [6, 6.07) is 19.1. The maximum atomic E-state index is 12.6. The number of pyridine rings is 2. The van der Waals surface area contributed by atoms with Crippen LogP contribution in [0.3, 0.4) is 0 Å². The Morgan fingerprint density at radius 3 is 2.29 bits per heavy atom. The molecule has 7 heteroatoms. The van der Waals surface area contributed by atoms with Gasteiger partial charge in [0.15, 0.2) is 10.9 Å². The van der Waals surface area contributed by atoms with Gasteiger partial charge in [-0.3, -0.25) is 20.1 Å². The van der Waals surface area contributed by atoms with Crippen molar-refractivity contribution in [3.05, 3.63) is 97.3 Å². The van der Waals surface area contributed by atoms with E-state index in [2.05, 4.69) is 15.3 Å². The van der Waals surface area contributed by atoms with Gasteiger partial charge in [0.2, 0.25) is 0 Å². The van der Waals surface area contributed by atoms with Gasteiger partial charge in [-0.25, -0.2) is 4.98 Å². The van der Waals surface area contributed by atoms with Crippen molar-refractivity contribution in [3.63, 3.8) is 0 Å². The van der Waals surface area contributed by atoms with E-state index >= 15 is 0 Å². The lowest BCUT2D eigenvalue weighted by atomic mass is 10.0. The summed E-state index contributed by atoms with van der Waals surface area (Å²) in [4.78, 5) is 26.3. The number of hydrogen-bond donors (Lipinski definition) is 1. The zero-order valence-electron chi connectivity index (χ0n) is 16.2. The zero-order chi connectivity index (χ0) is 21.0. The van der Waals surface area contributed by atoms with Crippen LogP contribution in [0.5, 0.6) is 0 Å². The topological polar surface area (TPSA) is 80.9 Å². The number of thiazole rings is 1. The van der Waals surface area contributed by atoms with Gasteiger partial charge in [-0.2, -0.15) is 0 Å². The molecule has 0 saturated heterocycles. The largest absolute Gasteiger partial charge is 0.462 e. The van der Waals surface area contributed by atoms with E-state index in [1.165, 1.54) is 11.3 Å². The molecular formula is C24H16N4O2S. The summed E-state index contributed by atoms with van der Waals surface area (Å²) in [7, 11) is 0. The number of carbonyl (C=O) groups excluding carboxylic acids is 1. The number of hydrogen-bond acceptors (Lipinski definition) is 6. The number of rotatable bonds is 5. The Morgan fingerprint density at radius 2 is 1.55 bits per heavy atom. The summed E-state index contributed by atoms with van der Waals surface area (Å²) < 4.78 is 5.88. The number of nitrogens with zero attached hydrogens (tertiary/aromatic N) is 3. The fourth-order valence-corrected chi connectivity index (χ4v) is 4.20. The van der Waals surface area contributed by atoms with Gasteiger partial charge in [0.05, 0.1) is 11.1 Å². The number of furan rings is 1. The van der Waals surface area contributed by atoms with Crippen LogP contribution >= 0.6 is 11.3 Å². The van der Waals surface area contributed by atoms with Crippen molar-refractivity contribution in [1.82, 2.24) is 15.0 Å². The molecule has 150 valence electrons. The molecule has 0 aliphatic rings. The lowest BCUT2D eigenvalue weighted by molar-refractivity contribution is 0.102. The molecular weight excluding hydrogens is 408 g/mol. The van der Waals surface area contributed by atoms with Crippen molar-refractivity contribution >= 4 is 22.4 Å². The molecule has 6 nitrogen and oxygen atoms in total. The average molecular weight is 424 g/mol. The lowest BCUT2D eigenvalue weighted by Gasteiger charge is -2.03. The van der Waals surface area contributed by atoms with Crippen molar-refractivity contribution in [2.75, 3.05) is 5.32 Å². The second kappa shape index (κ2) is 8.33. The summed E-state index contributed by atoms with van der Waals surface area (Å²) in [6.45, 7) is 0. The molecule has 1 aromatic carbocycles. The van der Waals surface area contributed by atoms with E-state index in [1.54, 1.807) is 43.2 Å². The Kier molecular flexibility index (Phi) is 5.08. The number of aromatic nitrogens is 3. The van der Waals surface area contributed by atoms with Crippen LogP contribution in [0.25, 0.3) is 33.0 Å². The first-order valence-corrected chi connectivity index (χ1v) is 10.4. The summed E-state index contributed by atoms with van der Waals surface area (Å²) >= 11 is 1.39. The van der Waals surface area contributed by atoms with Crippen LogP contribution in [-0.2, 0) is 0 Å². The van der Waals surface area contributed by atoms with Crippen molar-refractivity contribution in [1.29, 1.82) is 0 Å². The van der Waals surface area contributed by atoms with E-state index in [0.717, 1.165) is 21.6 Å². The van der Waals surface area contributed by atoms with Crippen LogP contribution in [0.4, 0.5) is 5.13 Å². The minimum atomic E-state index is -0.244. The van der Waals surface area contributed by atoms with Gasteiger partial charge in [-0.05, 0) is 41.5 Å². The Balaban J connectivity index is 1.59. The van der Waals surface area contributed by atoms with Gasteiger partial charge >= 0.3 is 0 Å². The number of benzene rings is 1. The fraction of sp³-hybridized carbons (Fsp3) is 0. The van der Waals surface area contributed by atoms with Crippen molar-refractivity contribution < 1.29 is 9.21 Å². The maximum Gasteiger partial charge on any atom is 0.257 e. The second-order valence-electron chi connectivity index (χ2n) is 6.65. The minimum Gasteiger partial charge on any atom is -0.462 e. The van der Waals surface area contributed by atoms with E-state index in [0.29, 0.717) is 22.1 Å². The zero-order valence-corrected chi connectivity index (χ0v) is 17.0. The molecule has 0 aliphatic carbocycles.